The number of thioether (sulfide) groups is 1. The number of aliphatic imine (C=N–C) groups is 1. The molecule has 9 nitrogen and oxygen atoms in total. The minimum absolute atomic E-state index is 0.108. The molecule has 5 rings (SSSR count). The molecule has 0 saturated carbocycles. The average molecular weight is 603 g/mol. The van der Waals surface area contributed by atoms with Crippen molar-refractivity contribution >= 4 is 57.8 Å². The molecule has 1 aromatic heterocycles. The average Bonchev–Trinajstić information content (AvgIpc) is 3.61. The Labute approximate surface area is 251 Å². The van der Waals surface area contributed by atoms with Crippen LogP contribution in [-0.2, 0) is 27.5 Å². The lowest BCUT2D eigenvalue weighted by Crippen LogP contribution is -2.33. The first-order valence-corrected chi connectivity index (χ1v) is 14.3. The first-order valence-electron chi connectivity index (χ1n) is 13.1. The summed E-state index contributed by atoms with van der Waals surface area (Å²) >= 11 is 7.75. The van der Waals surface area contributed by atoms with Crippen molar-refractivity contribution in [2.75, 3.05) is 11.9 Å². The summed E-state index contributed by atoms with van der Waals surface area (Å²) in [6, 6.07) is 25.3. The van der Waals surface area contributed by atoms with E-state index >= 15 is 0 Å². The summed E-state index contributed by atoms with van der Waals surface area (Å²) in [5.41, 5.74) is 3.69. The SMILES string of the molecule is Cc1ccc(N=C2SC(c3ccc(NC(=O)CNC(=O)OCc4ccccc4)cc3)C(=O)N2Cc2ccco2)c(Cl)c1. The van der Waals surface area contributed by atoms with Gasteiger partial charge in [0.15, 0.2) is 5.17 Å². The third kappa shape index (κ3) is 7.39. The molecule has 0 bridgehead atoms. The highest BCUT2D eigenvalue weighted by atomic mass is 35.5. The van der Waals surface area contributed by atoms with E-state index in [-0.39, 0.29) is 25.6 Å². The van der Waals surface area contributed by atoms with Crippen LogP contribution in [-0.4, -0.2) is 34.5 Å². The van der Waals surface area contributed by atoms with Gasteiger partial charge in [-0.1, -0.05) is 71.9 Å². The summed E-state index contributed by atoms with van der Waals surface area (Å²) in [6.07, 6.45) is 0.870. The third-order valence-electron chi connectivity index (χ3n) is 6.26. The number of ether oxygens (including phenoxy) is 1. The highest BCUT2D eigenvalue weighted by Crippen LogP contribution is 2.42. The largest absolute Gasteiger partial charge is 0.467 e. The molecule has 1 unspecified atom stereocenters. The molecule has 1 fully saturated rings. The number of amidine groups is 1. The summed E-state index contributed by atoms with van der Waals surface area (Å²) in [5, 5.41) is 5.62. The minimum atomic E-state index is -0.690. The molecule has 1 atom stereocenters. The quantitative estimate of drug-likeness (QED) is 0.223. The fourth-order valence-corrected chi connectivity index (χ4v) is 5.58. The molecule has 11 heteroatoms. The van der Waals surface area contributed by atoms with Crippen LogP contribution >= 0.6 is 23.4 Å². The highest BCUT2D eigenvalue weighted by Gasteiger charge is 2.39. The Balaban J connectivity index is 1.21. The number of nitrogens with one attached hydrogen (secondary N) is 2. The Morgan fingerprint density at radius 3 is 2.55 bits per heavy atom. The van der Waals surface area contributed by atoms with E-state index in [1.54, 1.807) is 47.6 Å². The Morgan fingerprint density at radius 1 is 1.05 bits per heavy atom. The van der Waals surface area contributed by atoms with Gasteiger partial charge in [0.05, 0.1) is 23.5 Å². The molecule has 0 radical (unpaired) electrons. The number of furan rings is 1. The van der Waals surface area contributed by atoms with Crippen LogP contribution in [0, 0.1) is 6.92 Å². The summed E-state index contributed by atoms with van der Waals surface area (Å²) in [5.74, 6) is 0.0658. The van der Waals surface area contributed by atoms with E-state index in [0.717, 1.165) is 16.7 Å². The fourth-order valence-electron chi connectivity index (χ4n) is 4.14. The molecule has 2 N–H and O–H groups in total. The van der Waals surface area contributed by atoms with Gasteiger partial charge in [-0.25, -0.2) is 9.79 Å². The van der Waals surface area contributed by atoms with Crippen molar-refractivity contribution in [1.29, 1.82) is 0 Å². The maximum absolute atomic E-state index is 13.6. The van der Waals surface area contributed by atoms with Crippen molar-refractivity contribution in [1.82, 2.24) is 10.2 Å². The summed E-state index contributed by atoms with van der Waals surface area (Å²) in [6.45, 7) is 2.03. The number of amides is 3. The molecule has 0 spiro atoms. The Hall–Kier alpha value is -4.54. The molecule has 3 amide bonds. The molecule has 0 aliphatic carbocycles. The van der Waals surface area contributed by atoms with Gasteiger partial charge in [-0.2, -0.15) is 0 Å². The van der Waals surface area contributed by atoms with Crippen LogP contribution in [0.1, 0.15) is 27.7 Å². The lowest BCUT2D eigenvalue weighted by Gasteiger charge is -2.15. The third-order valence-corrected chi connectivity index (χ3v) is 7.80. The first-order chi connectivity index (χ1) is 20.4. The zero-order chi connectivity index (χ0) is 29.5. The fraction of sp³-hybridized carbons (Fsp3) is 0.161. The number of hydrogen-bond donors (Lipinski definition) is 2. The van der Waals surface area contributed by atoms with Gasteiger partial charge in [0.1, 0.15) is 24.2 Å². The molecular formula is C31H27ClN4O5S. The maximum atomic E-state index is 13.6. The van der Waals surface area contributed by atoms with Crippen LogP contribution in [0.5, 0.6) is 0 Å². The lowest BCUT2D eigenvalue weighted by molar-refractivity contribution is -0.126. The molecule has 4 aromatic rings. The summed E-state index contributed by atoms with van der Waals surface area (Å²) < 4.78 is 10.6. The maximum Gasteiger partial charge on any atom is 0.407 e. The van der Waals surface area contributed by atoms with Gasteiger partial charge in [-0.05, 0) is 60.0 Å². The van der Waals surface area contributed by atoms with Gasteiger partial charge in [0.25, 0.3) is 0 Å². The van der Waals surface area contributed by atoms with Crippen LogP contribution in [0.25, 0.3) is 0 Å². The predicted molar refractivity (Wildman–Crippen MR) is 163 cm³/mol. The van der Waals surface area contributed by atoms with Crippen LogP contribution in [0.4, 0.5) is 16.2 Å². The van der Waals surface area contributed by atoms with Crippen molar-refractivity contribution in [3.63, 3.8) is 0 Å². The molecule has 3 aromatic carbocycles. The van der Waals surface area contributed by atoms with E-state index in [0.29, 0.717) is 27.3 Å². The van der Waals surface area contributed by atoms with E-state index in [1.807, 2.05) is 55.5 Å². The number of benzene rings is 3. The second-order valence-electron chi connectivity index (χ2n) is 9.44. The number of hydrogen-bond acceptors (Lipinski definition) is 7. The number of carbonyl (C=O) groups excluding carboxylic acids is 3. The second kappa shape index (κ2) is 13.4. The first kappa shape index (κ1) is 29.0. The number of rotatable bonds is 9. The molecular weight excluding hydrogens is 576 g/mol. The van der Waals surface area contributed by atoms with E-state index in [9.17, 15) is 14.4 Å². The smallest absolute Gasteiger partial charge is 0.407 e. The van der Waals surface area contributed by atoms with Crippen molar-refractivity contribution in [3.8, 4) is 0 Å². The molecule has 1 aliphatic heterocycles. The van der Waals surface area contributed by atoms with E-state index < -0.39 is 17.3 Å². The molecule has 1 saturated heterocycles. The zero-order valence-electron chi connectivity index (χ0n) is 22.6. The molecule has 1 aliphatic rings. The number of aryl methyl sites for hydroxylation is 1. The zero-order valence-corrected chi connectivity index (χ0v) is 24.2. The van der Waals surface area contributed by atoms with Crippen molar-refractivity contribution in [3.05, 3.63) is 119 Å². The van der Waals surface area contributed by atoms with E-state index in [4.69, 9.17) is 25.7 Å². The number of nitrogens with zero attached hydrogens (tertiary/aromatic N) is 2. The summed E-state index contributed by atoms with van der Waals surface area (Å²) in [7, 11) is 0. The van der Waals surface area contributed by atoms with Gasteiger partial charge in [0, 0.05) is 5.69 Å². The van der Waals surface area contributed by atoms with Crippen LogP contribution in [0.15, 0.2) is 101 Å². The number of halogens is 1. The number of alkyl carbamates (subject to hydrolysis) is 1. The lowest BCUT2D eigenvalue weighted by atomic mass is 10.1. The highest BCUT2D eigenvalue weighted by molar-refractivity contribution is 8.15. The van der Waals surface area contributed by atoms with Crippen molar-refractivity contribution in [2.45, 2.75) is 25.3 Å². The van der Waals surface area contributed by atoms with Gasteiger partial charge >= 0.3 is 6.09 Å². The van der Waals surface area contributed by atoms with Gasteiger partial charge in [0.2, 0.25) is 11.8 Å². The normalized spacial score (nSPS) is 15.6. The van der Waals surface area contributed by atoms with Crippen LogP contribution in [0.2, 0.25) is 5.02 Å². The van der Waals surface area contributed by atoms with Crippen molar-refractivity contribution < 1.29 is 23.5 Å². The van der Waals surface area contributed by atoms with Crippen LogP contribution < -0.4 is 10.6 Å². The number of anilines is 1. The monoisotopic (exact) mass is 602 g/mol. The van der Waals surface area contributed by atoms with Gasteiger partial charge in [-0.15, -0.1) is 0 Å². The Morgan fingerprint density at radius 2 is 1.83 bits per heavy atom. The van der Waals surface area contributed by atoms with Crippen LogP contribution in [0.3, 0.4) is 0 Å². The standard InChI is InChI=1S/C31H27ClN4O5S/c1-20-9-14-26(25(32)16-20)35-30-36(18-24-8-5-15-40-24)29(38)28(42-30)22-10-12-23(13-11-22)34-27(37)17-33-31(39)41-19-21-6-3-2-4-7-21/h2-16,28H,17-19H2,1H3,(H,33,39)(H,34,37). The van der Waals surface area contributed by atoms with E-state index in [2.05, 4.69) is 10.6 Å². The summed E-state index contributed by atoms with van der Waals surface area (Å²) in [4.78, 5) is 44.1. The Bertz CT molecular complexity index is 1590. The predicted octanol–water partition coefficient (Wildman–Crippen LogP) is 6.61. The van der Waals surface area contributed by atoms with Gasteiger partial charge < -0.3 is 19.8 Å². The Kier molecular flexibility index (Phi) is 9.25. The number of carbonyl (C=O) groups is 3. The van der Waals surface area contributed by atoms with Crippen molar-refractivity contribution in [2.24, 2.45) is 4.99 Å². The topological polar surface area (TPSA) is 113 Å². The minimum Gasteiger partial charge on any atom is -0.467 e. The molecule has 42 heavy (non-hydrogen) atoms. The van der Waals surface area contributed by atoms with E-state index in [1.165, 1.54) is 11.8 Å². The molecule has 214 valence electrons. The van der Waals surface area contributed by atoms with Gasteiger partial charge in [-0.3, -0.25) is 14.5 Å². The molecule has 2 heterocycles. The second-order valence-corrected chi connectivity index (χ2v) is 10.9.